The Balaban J connectivity index is 1.74. The summed E-state index contributed by atoms with van der Waals surface area (Å²) < 4.78 is 27.2. The highest BCUT2D eigenvalue weighted by Gasteiger charge is 2.25. The fourth-order valence-electron chi connectivity index (χ4n) is 2.72. The van der Waals surface area contributed by atoms with E-state index in [0.29, 0.717) is 6.54 Å². The lowest BCUT2D eigenvalue weighted by atomic mass is 9.94. The number of fused-ring (bicyclic) bond motifs is 1. The summed E-state index contributed by atoms with van der Waals surface area (Å²) in [4.78, 5) is 12.3. The van der Waals surface area contributed by atoms with E-state index in [1.165, 1.54) is 18.2 Å². The van der Waals surface area contributed by atoms with Gasteiger partial charge in [-0.25, -0.2) is 8.78 Å². The maximum atomic E-state index is 13.6. The Labute approximate surface area is 127 Å². The van der Waals surface area contributed by atoms with Crippen molar-refractivity contribution < 1.29 is 13.6 Å². The molecule has 0 fully saturated rings. The van der Waals surface area contributed by atoms with Crippen molar-refractivity contribution in [3.63, 3.8) is 0 Å². The first-order valence-corrected chi connectivity index (χ1v) is 7.18. The van der Waals surface area contributed by atoms with E-state index in [1.54, 1.807) is 0 Å². The fourth-order valence-corrected chi connectivity index (χ4v) is 2.72. The van der Waals surface area contributed by atoms with Crippen LogP contribution in [0.2, 0.25) is 0 Å². The Morgan fingerprint density at radius 3 is 2.64 bits per heavy atom. The summed E-state index contributed by atoms with van der Waals surface area (Å²) in [6.45, 7) is 0.529. The smallest absolute Gasteiger partial charge is 0.242 e. The summed E-state index contributed by atoms with van der Waals surface area (Å²) in [6.07, 6.45) is 0.863. The molecule has 1 aliphatic rings. The third-order valence-electron chi connectivity index (χ3n) is 3.87. The second-order valence-electron chi connectivity index (χ2n) is 5.25. The molecule has 5 heteroatoms. The van der Waals surface area contributed by atoms with E-state index in [-0.39, 0.29) is 18.0 Å². The molecule has 2 N–H and O–H groups in total. The van der Waals surface area contributed by atoms with Crippen LogP contribution in [-0.4, -0.2) is 12.5 Å². The van der Waals surface area contributed by atoms with Crippen molar-refractivity contribution >= 4 is 5.91 Å². The molecule has 0 saturated heterocycles. The van der Waals surface area contributed by atoms with Crippen LogP contribution in [0.25, 0.3) is 0 Å². The zero-order chi connectivity index (χ0) is 15.5. The van der Waals surface area contributed by atoms with E-state index in [2.05, 4.69) is 10.6 Å². The Morgan fingerprint density at radius 2 is 1.86 bits per heavy atom. The Morgan fingerprint density at radius 1 is 1.14 bits per heavy atom. The number of carbonyl (C=O) groups excluding carboxylic acids is 1. The van der Waals surface area contributed by atoms with Crippen molar-refractivity contribution in [2.75, 3.05) is 6.54 Å². The Kier molecular flexibility index (Phi) is 4.15. The summed E-state index contributed by atoms with van der Waals surface area (Å²) in [5.41, 5.74) is 1.92. The number of amides is 1. The van der Waals surface area contributed by atoms with Crippen molar-refractivity contribution in [2.45, 2.75) is 19.0 Å². The van der Waals surface area contributed by atoms with Gasteiger partial charge in [-0.3, -0.25) is 4.79 Å². The maximum absolute atomic E-state index is 13.6. The Bertz CT molecular complexity index is 683. The third kappa shape index (κ3) is 2.85. The molecule has 0 aromatic heterocycles. The molecule has 0 radical (unpaired) electrons. The van der Waals surface area contributed by atoms with E-state index >= 15 is 0 Å². The molecule has 114 valence electrons. The predicted molar refractivity (Wildman–Crippen MR) is 79.1 cm³/mol. The minimum atomic E-state index is -0.655. The second kappa shape index (κ2) is 6.23. The molecule has 2 aromatic carbocycles. The van der Waals surface area contributed by atoms with Crippen molar-refractivity contribution in [1.29, 1.82) is 0 Å². The van der Waals surface area contributed by atoms with Crippen LogP contribution >= 0.6 is 0 Å². The Hall–Kier alpha value is -2.27. The van der Waals surface area contributed by atoms with Crippen LogP contribution in [-0.2, 0) is 17.8 Å². The van der Waals surface area contributed by atoms with Crippen molar-refractivity contribution in [2.24, 2.45) is 0 Å². The standard InChI is InChI=1S/C17H16F2N2O/c18-14-6-3-7-15(19)13(14)10-21-17(22)16-12-5-2-1-4-11(12)8-9-20-16/h1-7,16,20H,8-10H2,(H,21,22). The molecule has 0 saturated carbocycles. The van der Waals surface area contributed by atoms with Gasteiger partial charge in [0.2, 0.25) is 5.91 Å². The van der Waals surface area contributed by atoms with Crippen molar-refractivity contribution in [1.82, 2.24) is 10.6 Å². The molecule has 2 aromatic rings. The largest absolute Gasteiger partial charge is 0.350 e. The van der Waals surface area contributed by atoms with Crippen LogP contribution in [0, 0.1) is 11.6 Å². The van der Waals surface area contributed by atoms with Crippen molar-refractivity contribution in [3.05, 3.63) is 70.8 Å². The molecule has 1 amide bonds. The molecule has 1 unspecified atom stereocenters. The summed E-state index contributed by atoms with van der Waals surface area (Å²) >= 11 is 0. The number of halogens is 2. The van der Waals surface area contributed by atoms with E-state index in [4.69, 9.17) is 0 Å². The first-order valence-electron chi connectivity index (χ1n) is 7.18. The summed E-state index contributed by atoms with van der Waals surface area (Å²) in [5, 5.41) is 5.75. The van der Waals surface area contributed by atoms with Crippen LogP contribution in [0.3, 0.4) is 0 Å². The number of nitrogens with one attached hydrogen (secondary N) is 2. The van der Waals surface area contributed by atoms with Crippen LogP contribution in [0.5, 0.6) is 0 Å². The molecule has 1 aliphatic heterocycles. The van der Waals surface area contributed by atoms with E-state index in [1.807, 2.05) is 24.3 Å². The van der Waals surface area contributed by atoms with Gasteiger partial charge >= 0.3 is 0 Å². The van der Waals surface area contributed by atoms with Gasteiger partial charge in [0.05, 0.1) is 0 Å². The zero-order valence-electron chi connectivity index (χ0n) is 11.9. The first-order chi connectivity index (χ1) is 10.7. The topological polar surface area (TPSA) is 41.1 Å². The highest BCUT2D eigenvalue weighted by atomic mass is 19.1. The van der Waals surface area contributed by atoms with Crippen LogP contribution in [0.4, 0.5) is 8.78 Å². The van der Waals surface area contributed by atoms with Crippen molar-refractivity contribution in [3.8, 4) is 0 Å². The summed E-state index contributed by atoms with van der Waals surface area (Å²) in [6, 6.07) is 10.9. The van der Waals surface area contributed by atoms with Gasteiger partial charge < -0.3 is 10.6 Å². The number of hydrogen-bond donors (Lipinski definition) is 2. The lowest BCUT2D eigenvalue weighted by Gasteiger charge is -2.26. The number of hydrogen-bond acceptors (Lipinski definition) is 2. The lowest BCUT2D eigenvalue weighted by Crippen LogP contribution is -2.41. The SMILES string of the molecule is O=C(NCc1c(F)cccc1F)C1NCCc2ccccc21. The van der Waals surface area contributed by atoms with E-state index in [9.17, 15) is 13.6 Å². The predicted octanol–water partition coefficient (Wildman–Crippen LogP) is 2.47. The zero-order valence-corrected chi connectivity index (χ0v) is 11.9. The molecule has 3 nitrogen and oxygen atoms in total. The van der Waals surface area contributed by atoms with Crippen LogP contribution in [0.1, 0.15) is 22.7 Å². The third-order valence-corrected chi connectivity index (χ3v) is 3.87. The minimum Gasteiger partial charge on any atom is -0.350 e. The van der Waals surface area contributed by atoms with Gasteiger partial charge in [-0.2, -0.15) is 0 Å². The molecule has 3 rings (SSSR count). The molecule has 22 heavy (non-hydrogen) atoms. The highest BCUT2D eigenvalue weighted by molar-refractivity contribution is 5.83. The minimum absolute atomic E-state index is 0.125. The molecular formula is C17H16F2N2O. The number of benzene rings is 2. The lowest BCUT2D eigenvalue weighted by molar-refractivity contribution is -0.123. The number of rotatable bonds is 3. The quantitative estimate of drug-likeness (QED) is 0.914. The second-order valence-corrected chi connectivity index (χ2v) is 5.25. The van der Waals surface area contributed by atoms with Gasteiger partial charge in [0.25, 0.3) is 0 Å². The number of carbonyl (C=O) groups is 1. The fraction of sp³-hybridized carbons (Fsp3) is 0.235. The first kappa shape index (κ1) is 14.7. The molecule has 0 bridgehead atoms. The maximum Gasteiger partial charge on any atom is 0.242 e. The average molecular weight is 302 g/mol. The monoisotopic (exact) mass is 302 g/mol. The van der Waals surface area contributed by atoms with Gasteiger partial charge in [0.1, 0.15) is 17.7 Å². The van der Waals surface area contributed by atoms with Crippen LogP contribution in [0.15, 0.2) is 42.5 Å². The molecular weight excluding hydrogens is 286 g/mol. The van der Waals surface area contributed by atoms with Gasteiger partial charge in [0.15, 0.2) is 0 Å². The van der Waals surface area contributed by atoms with Gasteiger partial charge in [0, 0.05) is 18.7 Å². The van der Waals surface area contributed by atoms with E-state index in [0.717, 1.165) is 17.5 Å². The average Bonchev–Trinajstić information content (AvgIpc) is 2.53. The highest BCUT2D eigenvalue weighted by Crippen LogP contribution is 2.23. The van der Waals surface area contributed by atoms with Crippen LogP contribution < -0.4 is 10.6 Å². The summed E-state index contributed by atoms with van der Waals surface area (Å²) in [5.74, 6) is -1.59. The van der Waals surface area contributed by atoms with E-state index < -0.39 is 17.7 Å². The summed E-state index contributed by atoms with van der Waals surface area (Å²) in [7, 11) is 0. The van der Waals surface area contributed by atoms with Gasteiger partial charge in [-0.15, -0.1) is 0 Å². The molecule has 0 spiro atoms. The molecule has 0 aliphatic carbocycles. The molecule has 1 atom stereocenters. The molecule has 1 heterocycles. The van der Waals surface area contributed by atoms with Gasteiger partial charge in [-0.1, -0.05) is 30.3 Å². The normalized spacial score (nSPS) is 16.9. The van der Waals surface area contributed by atoms with Gasteiger partial charge in [-0.05, 0) is 29.7 Å².